The number of amides is 1. The van der Waals surface area contributed by atoms with Crippen molar-refractivity contribution in [3.63, 3.8) is 0 Å². The zero-order valence-electron chi connectivity index (χ0n) is 13.6. The van der Waals surface area contributed by atoms with Crippen molar-refractivity contribution in [2.45, 2.75) is 39.8 Å². The number of hydrogen-bond donors (Lipinski definition) is 1. The maximum Gasteiger partial charge on any atom is 0.261 e. The Bertz CT molecular complexity index is 617. The molecule has 0 bridgehead atoms. The van der Waals surface area contributed by atoms with E-state index in [4.69, 9.17) is 4.74 Å². The van der Waals surface area contributed by atoms with Gasteiger partial charge in [-0.15, -0.1) is 0 Å². The van der Waals surface area contributed by atoms with Crippen LogP contribution in [0.1, 0.15) is 36.6 Å². The van der Waals surface area contributed by atoms with Crippen LogP contribution in [0, 0.1) is 13.8 Å². The Kier molecular flexibility index (Phi) is 5.21. The summed E-state index contributed by atoms with van der Waals surface area (Å²) in [6.45, 7) is 7.80. The summed E-state index contributed by atoms with van der Waals surface area (Å²) < 4.78 is 5.67. The zero-order valence-corrected chi connectivity index (χ0v) is 13.6. The molecule has 2 rings (SSSR count). The summed E-state index contributed by atoms with van der Waals surface area (Å²) in [6.07, 6.45) is -0.532. The van der Waals surface area contributed by atoms with Crippen LogP contribution in [-0.4, -0.2) is 12.0 Å². The first-order chi connectivity index (χ1) is 10.5. The fraction of sp³-hybridized carbons (Fsp3) is 0.316. The predicted octanol–water partition coefficient (Wildman–Crippen LogP) is 3.95. The van der Waals surface area contributed by atoms with Crippen LogP contribution in [0.2, 0.25) is 0 Å². The maximum atomic E-state index is 12.2. The zero-order chi connectivity index (χ0) is 16.1. The van der Waals surface area contributed by atoms with E-state index in [9.17, 15) is 4.79 Å². The van der Waals surface area contributed by atoms with Crippen LogP contribution in [0.5, 0.6) is 5.75 Å². The number of rotatable bonds is 5. The first-order valence-electron chi connectivity index (χ1n) is 7.56. The number of aryl methyl sites for hydroxylation is 2. The second kappa shape index (κ2) is 7.12. The fourth-order valence-electron chi connectivity index (χ4n) is 2.14. The predicted molar refractivity (Wildman–Crippen MR) is 89.0 cm³/mol. The Labute approximate surface area is 132 Å². The molecule has 0 aliphatic heterocycles. The van der Waals surface area contributed by atoms with Crippen molar-refractivity contribution in [3.8, 4) is 5.75 Å². The summed E-state index contributed by atoms with van der Waals surface area (Å²) in [5, 5.41) is 2.98. The molecule has 2 atom stereocenters. The van der Waals surface area contributed by atoms with Gasteiger partial charge < -0.3 is 10.1 Å². The molecule has 0 heterocycles. The van der Waals surface area contributed by atoms with E-state index in [1.54, 1.807) is 6.92 Å². The van der Waals surface area contributed by atoms with Crippen LogP contribution < -0.4 is 10.1 Å². The highest BCUT2D eigenvalue weighted by molar-refractivity contribution is 5.81. The van der Waals surface area contributed by atoms with Crippen LogP contribution in [0.15, 0.2) is 48.5 Å². The second-order valence-electron chi connectivity index (χ2n) is 5.71. The normalized spacial score (nSPS) is 13.3. The standard InChI is InChI=1S/C19H23NO2/c1-13-5-9-17(10-6-13)15(3)20-19(21)16(4)22-18-11-7-14(2)8-12-18/h5-12,15-16H,1-4H3,(H,20,21)/t15-,16-/m0/s1. The summed E-state index contributed by atoms with van der Waals surface area (Å²) in [5.74, 6) is 0.588. The molecule has 0 radical (unpaired) electrons. The molecule has 116 valence electrons. The molecule has 0 fully saturated rings. The summed E-state index contributed by atoms with van der Waals surface area (Å²) >= 11 is 0. The van der Waals surface area contributed by atoms with Gasteiger partial charge in [-0.1, -0.05) is 47.5 Å². The summed E-state index contributed by atoms with van der Waals surface area (Å²) in [4.78, 5) is 12.2. The SMILES string of the molecule is Cc1ccc(O[C@@H](C)C(=O)N[C@@H](C)c2ccc(C)cc2)cc1. The molecule has 0 spiro atoms. The van der Waals surface area contributed by atoms with Gasteiger partial charge >= 0.3 is 0 Å². The van der Waals surface area contributed by atoms with Crippen LogP contribution in [0.4, 0.5) is 0 Å². The molecule has 0 aliphatic rings. The van der Waals surface area contributed by atoms with Crippen LogP contribution in [0.3, 0.4) is 0 Å². The Morgan fingerprint density at radius 3 is 1.95 bits per heavy atom. The molecule has 3 nitrogen and oxygen atoms in total. The Balaban J connectivity index is 1.93. The monoisotopic (exact) mass is 297 g/mol. The molecular formula is C19H23NO2. The molecule has 0 saturated carbocycles. The van der Waals surface area contributed by atoms with Gasteiger partial charge in [-0.3, -0.25) is 4.79 Å². The van der Waals surface area contributed by atoms with Gasteiger partial charge in [0.05, 0.1) is 6.04 Å². The van der Waals surface area contributed by atoms with Gasteiger partial charge in [-0.2, -0.15) is 0 Å². The van der Waals surface area contributed by atoms with Crippen LogP contribution in [-0.2, 0) is 4.79 Å². The van der Waals surface area contributed by atoms with Crippen molar-refractivity contribution in [1.29, 1.82) is 0 Å². The molecule has 1 N–H and O–H groups in total. The third-order valence-corrected chi connectivity index (χ3v) is 3.64. The lowest BCUT2D eigenvalue weighted by molar-refractivity contribution is -0.127. The van der Waals surface area contributed by atoms with E-state index in [0.717, 1.165) is 11.1 Å². The number of carbonyl (C=O) groups excluding carboxylic acids is 1. The highest BCUT2D eigenvalue weighted by Gasteiger charge is 2.17. The van der Waals surface area contributed by atoms with Crippen molar-refractivity contribution in [1.82, 2.24) is 5.32 Å². The van der Waals surface area contributed by atoms with Gasteiger partial charge in [0.2, 0.25) is 0 Å². The fourth-order valence-corrected chi connectivity index (χ4v) is 2.14. The smallest absolute Gasteiger partial charge is 0.261 e. The van der Waals surface area contributed by atoms with Crippen molar-refractivity contribution < 1.29 is 9.53 Å². The van der Waals surface area contributed by atoms with Gasteiger partial charge in [0.25, 0.3) is 5.91 Å². The minimum absolute atomic E-state index is 0.0443. The number of carbonyl (C=O) groups is 1. The molecule has 0 unspecified atom stereocenters. The second-order valence-corrected chi connectivity index (χ2v) is 5.71. The molecule has 0 aliphatic carbocycles. The Morgan fingerprint density at radius 2 is 1.41 bits per heavy atom. The van der Waals surface area contributed by atoms with E-state index in [1.807, 2.05) is 69.3 Å². The minimum atomic E-state index is -0.532. The summed E-state index contributed by atoms with van der Waals surface area (Å²) in [5.41, 5.74) is 3.46. The van der Waals surface area contributed by atoms with E-state index in [2.05, 4.69) is 5.32 Å². The van der Waals surface area contributed by atoms with Gasteiger partial charge in [-0.25, -0.2) is 0 Å². The van der Waals surface area contributed by atoms with E-state index in [1.165, 1.54) is 5.56 Å². The molecule has 3 heteroatoms. The maximum absolute atomic E-state index is 12.2. The third kappa shape index (κ3) is 4.35. The van der Waals surface area contributed by atoms with Crippen molar-refractivity contribution >= 4 is 5.91 Å². The van der Waals surface area contributed by atoms with Crippen molar-refractivity contribution in [3.05, 3.63) is 65.2 Å². The summed E-state index contributed by atoms with van der Waals surface area (Å²) in [7, 11) is 0. The number of nitrogens with one attached hydrogen (secondary N) is 1. The quantitative estimate of drug-likeness (QED) is 0.907. The number of ether oxygens (including phenoxy) is 1. The number of benzene rings is 2. The Morgan fingerprint density at radius 1 is 0.909 bits per heavy atom. The molecule has 2 aromatic rings. The lowest BCUT2D eigenvalue weighted by Crippen LogP contribution is -2.37. The van der Waals surface area contributed by atoms with Crippen LogP contribution >= 0.6 is 0 Å². The van der Waals surface area contributed by atoms with Gasteiger partial charge in [-0.05, 0) is 45.4 Å². The summed E-state index contributed by atoms with van der Waals surface area (Å²) in [6, 6.07) is 15.8. The first-order valence-corrected chi connectivity index (χ1v) is 7.56. The minimum Gasteiger partial charge on any atom is -0.481 e. The largest absolute Gasteiger partial charge is 0.481 e. The van der Waals surface area contributed by atoms with E-state index in [0.29, 0.717) is 5.75 Å². The third-order valence-electron chi connectivity index (χ3n) is 3.64. The molecule has 22 heavy (non-hydrogen) atoms. The highest BCUT2D eigenvalue weighted by atomic mass is 16.5. The van der Waals surface area contributed by atoms with Gasteiger partial charge in [0.15, 0.2) is 6.10 Å². The average molecular weight is 297 g/mol. The van der Waals surface area contributed by atoms with Crippen LogP contribution in [0.25, 0.3) is 0 Å². The first kappa shape index (κ1) is 16.1. The number of hydrogen-bond acceptors (Lipinski definition) is 2. The molecule has 0 aromatic heterocycles. The van der Waals surface area contributed by atoms with Gasteiger partial charge in [0.1, 0.15) is 5.75 Å². The average Bonchev–Trinajstić information content (AvgIpc) is 2.50. The molecular weight excluding hydrogens is 274 g/mol. The Hall–Kier alpha value is -2.29. The van der Waals surface area contributed by atoms with Gasteiger partial charge in [0, 0.05) is 0 Å². The van der Waals surface area contributed by atoms with Crippen molar-refractivity contribution in [2.75, 3.05) is 0 Å². The topological polar surface area (TPSA) is 38.3 Å². The highest BCUT2D eigenvalue weighted by Crippen LogP contribution is 2.16. The molecule has 2 aromatic carbocycles. The lowest BCUT2D eigenvalue weighted by Gasteiger charge is -2.19. The molecule has 1 amide bonds. The van der Waals surface area contributed by atoms with E-state index in [-0.39, 0.29) is 11.9 Å². The van der Waals surface area contributed by atoms with Crippen molar-refractivity contribution in [2.24, 2.45) is 0 Å². The van der Waals surface area contributed by atoms with E-state index < -0.39 is 6.10 Å². The molecule has 0 saturated heterocycles. The van der Waals surface area contributed by atoms with E-state index >= 15 is 0 Å². The lowest BCUT2D eigenvalue weighted by atomic mass is 10.1.